The van der Waals surface area contributed by atoms with Crippen LogP contribution in [0.4, 0.5) is 0 Å². The second-order valence-electron chi connectivity index (χ2n) is 6.05. The first-order valence-electron chi connectivity index (χ1n) is 7.09. The molecule has 0 amide bonds. The zero-order chi connectivity index (χ0) is 15.0. The molecule has 1 fully saturated rings. The first-order valence-corrected chi connectivity index (χ1v) is 9.46. The van der Waals surface area contributed by atoms with Crippen LogP contribution in [0.25, 0.3) is 0 Å². The number of rotatable bonds is 7. The van der Waals surface area contributed by atoms with Crippen LogP contribution in [0, 0.1) is 12.8 Å². The molecule has 20 heavy (non-hydrogen) atoms. The Labute approximate surface area is 126 Å². The van der Waals surface area contributed by atoms with E-state index < -0.39 is 10.0 Å². The van der Waals surface area contributed by atoms with E-state index >= 15 is 0 Å². The van der Waals surface area contributed by atoms with Crippen molar-refractivity contribution in [2.24, 2.45) is 5.92 Å². The minimum atomic E-state index is -3.45. The molecular weight excluding hydrogens is 292 g/mol. The van der Waals surface area contributed by atoms with E-state index in [4.69, 9.17) is 0 Å². The summed E-state index contributed by atoms with van der Waals surface area (Å²) in [6.07, 6.45) is 2.23. The number of sulfonamides is 1. The van der Waals surface area contributed by atoms with Crippen LogP contribution in [0.15, 0.2) is 10.3 Å². The van der Waals surface area contributed by atoms with E-state index in [-0.39, 0.29) is 5.54 Å². The molecule has 1 aliphatic rings. The van der Waals surface area contributed by atoms with E-state index in [1.807, 2.05) is 33.1 Å². The number of hydrogen-bond acceptors (Lipinski definition) is 4. The predicted molar refractivity (Wildman–Crippen MR) is 83.6 cm³/mol. The zero-order valence-corrected chi connectivity index (χ0v) is 14.2. The Morgan fingerprint density at radius 1 is 1.40 bits per heavy atom. The topological polar surface area (TPSA) is 58.2 Å². The van der Waals surface area contributed by atoms with Gasteiger partial charge in [0.15, 0.2) is 0 Å². The quantitative estimate of drug-likeness (QED) is 0.813. The third kappa shape index (κ3) is 3.42. The molecule has 1 aliphatic carbocycles. The summed E-state index contributed by atoms with van der Waals surface area (Å²) in [6.45, 7) is 9.28. The van der Waals surface area contributed by atoms with Gasteiger partial charge in [0.05, 0.1) is 0 Å². The summed E-state index contributed by atoms with van der Waals surface area (Å²) in [6, 6.07) is 0. The predicted octanol–water partition coefficient (Wildman–Crippen LogP) is 2.63. The molecule has 0 unspecified atom stereocenters. The van der Waals surface area contributed by atoms with Crippen molar-refractivity contribution in [3.8, 4) is 0 Å². The lowest BCUT2D eigenvalue weighted by Gasteiger charge is -2.26. The molecule has 1 aromatic heterocycles. The lowest BCUT2D eigenvalue weighted by molar-refractivity contribution is 0.400. The van der Waals surface area contributed by atoms with E-state index in [1.165, 1.54) is 11.3 Å². The Morgan fingerprint density at radius 2 is 2.05 bits per heavy atom. The minimum Gasteiger partial charge on any atom is -0.312 e. The van der Waals surface area contributed by atoms with Gasteiger partial charge in [0.2, 0.25) is 10.0 Å². The second kappa shape index (κ2) is 5.75. The zero-order valence-electron chi connectivity index (χ0n) is 12.6. The SMILES string of the molecule is CCNCc1scc(C)c1S(=O)(=O)NC(C)(C)C1CC1. The van der Waals surface area contributed by atoms with Crippen molar-refractivity contribution < 1.29 is 8.42 Å². The Hall–Kier alpha value is -0.430. The molecule has 0 aliphatic heterocycles. The molecule has 1 saturated carbocycles. The van der Waals surface area contributed by atoms with E-state index in [9.17, 15) is 8.42 Å². The summed E-state index contributed by atoms with van der Waals surface area (Å²) >= 11 is 1.51. The van der Waals surface area contributed by atoms with Gasteiger partial charge < -0.3 is 5.32 Å². The van der Waals surface area contributed by atoms with Crippen molar-refractivity contribution in [1.29, 1.82) is 0 Å². The third-order valence-corrected chi connectivity index (χ3v) is 6.92. The first-order chi connectivity index (χ1) is 9.28. The fourth-order valence-electron chi connectivity index (χ4n) is 2.49. The average Bonchev–Trinajstić information content (AvgIpc) is 3.10. The van der Waals surface area contributed by atoms with Crippen molar-refractivity contribution in [2.45, 2.75) is 57.5 Å². The lowest BCUT2D eigenvalue weighted by atomic mass is 10.0. The molecule has 0 bridgehead atoms. The monoisotopic (exact) mass is 316 g/mol. The Bertz CT molecular complexity index is 572. The van der Waals surface area contributed by atoms with Crippen LogP contribution in [-0.2, 0) is 16.6 Å². The molecule has 6 heteroatoms. The molecule has 0 radical (unpaired) electrons. The van der Waals surface area contributed by atoms with Crippen molar-refractivity contribution >= 4 is 21.4 Å². The summed E-state index contributed by atoms with van der Waals surface area (Å²) in [4.78, 5) is 1.36. The van der Waals surface area contributed by atoms with Gasteiger partial charge in [0.1, 0.15) is 4.90 Å². The Kier molecular flexibility index (Phi) is 4.59. The van der Waals surface area contributed by atoms with Gasteiger partial charge in [-0.25, -0.2) is 13.1 Å². The highest BCUT2D eigenvalue weighted by Crippen LogP contribution is 2.40. The summed E-state index contributed by atoms with van der Waals surface area (Å²) in [5, 5.41) is 5.13. The molecule has 0 spiro atoms. The van der Waals surface area contributed by atoms with Gasteiger partial charge in [-0.2, -0.15) is 0 Å². The molecule has 114 valence electrons. The van der Waals surface area contributed by atoms with Gasteiger partial charge >= 0.3 is 0 Å². The van der Waals surface area contributed by atoms with Gasteiger partial charge in [-0.15, -0.1) is 11.3 Å². The average molecular weight is 316 g/mol. The molecule has 4 nitrogen and oxygen atoms in total. The van der Waals surface area contributed by atoms with Crippen LogP contribution < -0.4 is 10.0 Å². The maximum Gasteiger partial charge on any atom is 0.242 e. The van der Waals surface area contributed by atoms with Crippen LogP contribution in [0.2, 0.25) is 0 Å². The number of thiophene rings is 1. The van der Waals surface area contributed by atoms with Crippen LogP contribution in [0.3, 0.4) is 0 Å². The van der Waals surface area contributed by atoms with E-state index in [1.54, 1.807) is 0 Å². The molecule has 1 aromatic rings. The highest BCUT2D eigenvalue weighted by Gasteiger charge is 2.41. The van der Waals surface area contributed by atoms with Crippen LogP contribution in [-0.4, -0.2) is 20.5 Å². The molecule has 1 heterocycles. The third-order valence-electron chi connectivity index (χ3n) is 3.79. The second-order valence-corrected chi connectivity index (χ2v) is 8.64. The maximum atomic E-state index is 12.7. The molecule has 2 N–H and O–H groups in total. The van der Waals surface area contributed by atoms with Gasteiger partial charge in [0.25, 0.3) is 0 Å². The highest BCUT2D eigenvalue weighted by atomic mass is 32.2. The first kappa shape index (κ1) is 15.9. The summed E-state index contributed by atoms with van der Waals surface area (Å²) in [5.74, 6) is 0.466. The summed E-state index contributed by atoms with van der Waals surface area (Å²) in [7, 11) is -3.45. The number of hydrogen-bond donors (Lipinski definition) is 2. The van der Waals surface area contributed by atoms with Crippen molar-refractivity contribution in [3.05, 3.63) is 15.8 Å². The van der Waals surface area contributed by atoms with Crippen molar-refractivity contribution in [1.82, 2.24) is 10.0 Å². The lowest BCUT2D eigenvalue weighted by Crippen LogP contribution is -2.45. The van der Waals surface area contributed by atoms with Gasteiger partial charge in [-0.05, 0) is 57.0 Å². The molecule has 2 rings (SSSR count). The fourth-order valence-corrected chi connectivity index (χ4v) is 5.75. The van der Waals surface area contributed by atoms with E-state index in [0.717, 1.165) is 29.8 Å². The number of aryl methyl sites for hydroxylation is 1. The smallest absolute Gasteiger partial charge is 0.242 e. The minimum absolute atomic E-state index is 0.358. The molecule has 0 atom stereocenters. The van der Waals surface area contributed by atoms with E-state index in [0.29, 0.717) is 17.4 Å². The molecule has 0 aromatic carbocycles. The summed E-state index contributed by atoms with van der Waals surface area (Å²) < 4.78 is 28.3. The molecular formula is C14H24N2O2S2. The van der Waals surface area contributed by atoms with Crippen LogP contribution >= 0.6 is 11.3 Å². The van der Waals surface area contributed by atoms with Gasteiger partial charge in [-0.1, -0.05) is 6.92 Å². The van der Waals surface area contributed by atoms with Crippen LogP contribution in [0.5, 0.6) is 0 Å². The van der Waals surface area contributed by atoms with E-state index in [2.05, 4.69) is 10.0 Å². The fraction of sp³-hybridized carbons (Fsp3) is 0.714. The highest BCUT2D eigenvalue weighted by molar-refractivity contribution is 7.89. The Morgan fingerprint density at radius 3 is 2.60 bits per heavy atom. The number of nitrogens with one attached hydrogen (secondary N) is 2. The van der Waals surface area contributed by atoms with Gasteiger partial charge in [0, 0.05) is 17.0 Å². The Balaban J connectivity index is 2.26. The molecule has 0 saturated heterocycles. The largest absolute Gasteiger partial charge is 0.312 e. The summed E-state index contributed by atoms with van der Waals surface area (Å²) in [5.41, 5.74) is 0.477. The van der Waals surface area contributed by atoms with Crippen LogP contribution in [0.1, 0.15) is 44.1 Å². The van der Waals surface area contributed by atoms with Gasteiger partial charge in [-0.3, -0.25) is 0 Å². The standard InChI is InChI=1S/C14H24N2O2S2/c1-5-15-8-12-13(10(2)9-19-12)20(17,18)16-14(3,4)11-6-7-11/h9,11,15-16H,5-8H2,1-4H3. The van der Waals surface area contributed by atoms with Crippen molar-refractivity contribution in [3.63, 3.8) is 0 Å². The van der Waals surface area contributed by atoms with Crippen molar-refractivity contribution in [2.75, 3.05) is 6.54 Å². The maximum absolute atomic E-state index is 12.7. The normalized spacial score (nSPS) is 16.6.